The summed E-state index contributed by atoms with van der Waals surface area (Å²) in [5.41, 5.74) is 2.16. The van der Waals surface area contributed by atoms with E-state index < -0.39 is 0 Å². The molecule has 0 bridgehead atoms. The van der Waals surface area contributed by atoms with Crippen molar-refractivity contribution in [3.63, 3.8) is 0 Å². The molecule has 1 unspecified atom stereocenters. The Balaban J connectivity index is 0.00000341. The highest BCUT2D eigenvalue weighted by Crippen LogP contribution is 2.22. The molecule has 9 heteroatoms. The number of nitrogens with zero attached hydrogens (tertiary/aromatic N) is 5. The van der Waals surface area contributed by atoms with Crippen LogP contribution in [0.1, 0.15) is 49.1 Å². The molecule has 2 aromatic heterocycles. The van der Waals surface area contributed by atoms with Crippen LogP contribution in [0.25, 0.3) is 0 Å². The number of rotatable bonds is 7. The van der Waals surface area contributed by atoms with E-state index in [0.717, 1.165) is 47.0 Å². The third-order valence-corrected chi connectivity index (χ3v) is 6.67. The summed E-state index contributed by atoms with van der Waals surface area (Å²) in [5.74, 6) is 2.74. The maximum absolute atomic E-state index is 5.35. The lowest BCUT2D eigenvalue weighted by Crippen LogP contribution is -2.38. The van der Waals surface area contributed by atoms with E-state index >= 15 is 0 Å². The number of hydrogen-bond acceptors (Lipinski definition) is 6. The van der Waals surface area contributed by atoms with Crippen LogP contribution in [0.5, 0.6) is 0 Å². The van der Waals surface area contributed by atoms with Gasteiger partial charge >= 0.3 is 0 Å². The number of nitrogens with one attached hydrogen (secondary N) is 1. The van der Waals surface area contributed by atoms with Crippen LogP contribution in [0, 0.1) is 5.92 Å². The number of hydrogen-bond donors (Lipinski definition) is 1. The number of aliphatic imine (C=N–C) groups is 1. The molecule has 1 fully saturated rings. The van der Waals surface area contributed by atoms with Crippen LogP contribution in [-0.4, -0.2) is 55.1 Å². The summed E-state index contributed by atoms with van der Waals surface area (Å²) in [5, 5.41) is 6.50. The minimum Gasteiger partial charge on any atom is -0.375 e. The number of thiazole rings is 1. The largest absolute Gasteiger partial charge is 0.375 e. The summed E-state index contributed by atoms with van der Waals surface area (Å²) in [6, 6.07) is 4.28. The molecule has 7 nitrogen and oxygen atoms in total. The Labute approximate surface area is 207 Å². The Morgan fingerprint density at radius 3 is 2.74 bits per heavy atom. The van der Waals surface area contributed by atoms with Crippen molar-refractivity contribution in [1.29, 1.82) is 0 Å². The van der Waals surface area contributed by atoms with Crippen LogP contribution in [0.3, 0.4) is 0 Å². The van der Waals surface area contributed by atoms with Crippen LogP contribution in [0.2, 0.25) is 0 Å². The van der Waals surface area contributed by atoms with Gasteiger partial charge in [0.05, 0.1) is 12.2 Å². The van der Waals surface area contributed by atoms with E-state index in [1.165, 1.54) is 12.8 Å². The van der Waals surface area contributed by atoms with Gasteiger partial charge in [-0.05, 0) is 37.3 Å². The Morgan fingerprint density at radius 1 is 1.39 bits per heavy atom. The Bertz CT molecular complexity index is 820. The average Bonchev–Trinajstić information content (AvgIpc) is 3.23. The molecule has 172 valence electrons. The molecular weight excluding hydrogens is 523 g/mol. The zero-order chi connectivity index (χ0) is 21.5. The van der Waals surface area contributed by atoms with Gasteiger partial charge in [0.15, 0.2) is 5.96 Å². The Hall–Kier alpha value is -1.46. The van der Waals surface area contributed by atoms with Crippen LogP contribution >= 0.6 is 35.3 Å². The summed E-state index contributed by atoms with van der Waals surface area (Å²) in [6.45, 7) is 7.92. The van der Waals surface area contributed by atoms with E-state index in [-0.39, 0.29) is 30.1 Å². The monoisotopic (exact) mass is 558 g/mol. The minimum atomic E-state index is 0. The standard InChI is InChI=1S/C22H34N6OS.HI/c1-16-8-10-28(11-9-16)20-7-6-18(12-24-20)13-25-22(23-3)27(4)14-19-15-30-21(26-19)17(2)29-5;/h6-7,12,15-17H,8-11,13-14H2,1-5H3,(H,23,25);1H. The van der Waals surface area contributed by atoms with E-state index in [9.17, 15) is 0 Å². The summed E-state index contributed by atoms with van der Waals surface area (Å²) < 4.78 is 5.35. The zero-order valence-corrected chi connectivity index (χ0v) is 22.3. The van der Waals surface area contributed by atoms with Gasteiger partial charge in [0.25, 0.3) is 0 Å². The van der Waals surface area contributed by atoms with Gasteiger partial charge in [0.1, 0.15) is 16.9 Å². The smallest absolute Gasteiger partial charge is 0.194 e. The maximum atomic E-state index is 5.35. The molecule has 31 heavy (non-hydrogen) atoms. The third-order valence-electron chi connectivity index (χ3n) is 5.61. The first-order valence-electron chi connectivity index (χ1n) is 10.6. The molecular formula is C22H35IN6OS. The highest BCUT2D eigenvalue weighted by molar-refractivity contribution is 14.0. The molecule has 1 aliphatic heterocycles. The topological polar surface area (TPSA) is 65.9 Å². The van der Waals surface area contributed by atoms with E-state index in [0.29, 0.717) is 13.1 Å². The number of aromatic nitrogens is 2. The number of guanidine groups is 1. The molecule has 1 atom stereocenters. The molecule has 0 spiro atoms. The predicted molar refractivity (Wildman–Crippen MR) is 139 cm³/mol. The lowest BCUT2D eigenvalue weighted by Gasteiger charge is -2.31. The van der Waals surface area contributed by atoms with Crippen molar-refractivity contribution >= 4 is 47.1 Å². The number of ether oxygens (including phenoxy) is 1. The number of pyridine rings is 1. The minimum absolute atomic E-state index is 0. The van der Waals surface area contributed by atoms with Gasteiger partial charge in [-0.15, -0.1) is 35.3 Å². The van der Waals surface area contributed by atoms with Crippen molar-refractivity contribution in [2.45, 2.75) is 45.9 Å². The molecule has 1 saturated heterocycles. The molecule has 0 amide bonds. The number of methoxy groups -OCH3 is 1. The van der Waals surface area contributed by atoms with Crippen molar-refractivity contribution in [3.8, 4) is 0 Å². The normalized spacial score (nSPS) is 16.0. The average molecular weight is 559 g/mol. The molecule has 3 heterocycles. The van der Waals surface area contributed by atoms with Crippen molar-refractivity contribution in [3.05, 3.63) is 40.0 Å². The van der Waals surface area contributed by atoms with Crippen molar-refractivity contribution in [1.82, 2.24) is 20.2 Å². The molecule has 0 saturated carbocycles. The van der Waals surface area contributed by atoms with Crippen LogP contribution in [-0.2, 0) is 17.8 Å². The van der Waals surface area contributed by atoms with E-state index in [1.54, 1.807) is 25.5 Å². The van der Waals surface area contributed by atoms with Crippen molar-refractivity contribution < 1.29 is 4.74 Å². The number of anilines is 1. The first-order chi connectivity index (χ1) is 14.5. The maximum Gasteiger partial charge on any atom is 0.194 e. The number of halogens is 1. The summed E-state index contributed by atoms with van der Waals surface area (Å²) >= 11 is 1.63. The summed E-state index contributed by atoms with van der Waals surface area (Å²) in [7, 11) is 5.53. The molecule has 2 aromatic rings. The molecule has 0 radical (unpaired) electrons. The molecule has 0 aromatic carbocycles. The quantitative estimate of drug-likeness (QED) is 0.311. The molecule has 1 aliphatic rings. The molecule has 0 aliphatic carbocycles. The van der Waals surface area contributed by atoms with Gasteiger partial charge in [-0.3, -0.25) is 4.99 Å². The van der Waals surface area contributed by atoms with E-state index in [2.05, 4.69) is 54.5 Å². The van der Waals surface area contributed by atoms with Crippen LogP contribution in [0.4, 0.5) is 5.82 Å². The highest BCUT2D eigenvalue weighted by Gasteiger charge is 2.17. The van der Waals surface area contributed by atoms with Crippen LogP contribution < -0.4 is 10.2 Å². The predicted octanol–water partition coefficient (Wildman–Crippen LogP) is 4.31. The zero-order valence-electron chi connectivity index (χ0n) is 19.2. The van der Waals surface area contributed by atoms with E-state index in [1.807, 2.05) is 20.2 Å². The molecule has 1 N–H and O–H groups in total. The van der Waals surface area contributed by atoms with Gasteiger partial charge < -0.3 is 19.9 Å². The highest BCUT2D eigenvalue weighted by atomic mass is 127. The van der Waals surface area contributed by atoms with Gasteiger partial charge in [0, 0.05) is 52.4 Å². The third kappa shape index (κ3) is 7.28. The Kier molecular flexibility index (Phi) is 10.4. The van der Waals surface area contributed by atoms with Gasteiger partial charge in [-0.2, -0.15) is 0 Å². The first kappa shape index (κ1) is 25.8. The van der Waals surface area contributed by atoms with Crippen LogP contribution in [0.15, 0.2) is 28.7 Å². The van der Waals surface area contributed by atoms with Gasteiger partial charge in [-0.1, -0.05) is 13.0 Å². The van der Waals surface area contributed by atoms with E-state index in [4.69, 9.17) is 4.74 Å². The van der Waals surface area contributed by atoms with Gasteiger partial charge in [0.2, 0.25) is 0 Å². The van der Waals surface area contributed by atoms with Crippen molar-refractivity contribution in [2.75, 3.05) is 39.2 Å². The number of piperidine rings is 1. The fraction of sp³-hybridized carbons (Fsp3) is 0.591. The fourth-order valence-corrected chi connectivity index (χ4v) is 4.35. The summed E-state index contributed by atoms with van der Waals surface area (Å²) in [4.78, 5) is 18.2. The fourth-order valence-electron chi connectivity index (χ4n) is 3.51. The summed E-state index contributed by atoms with van der Waals surface area (Å²) in [6.07, 6.45) is 4.49. The van der Waals surface area contributed by atoms with Crippen molar-refractivity contribution in [2.24, 2.45) is 10.9 Å². The lowest BCUT2D eigenvalue weighted by molar-refractivity contribution is 0.119. The molecule has 3 rings (SSSR count). The first-order valence-corrected chi connectivity index (χ1v) is 11.5. The lowest BCUT2D eigenvalue weighted by atomic mass is 9.99. The Morgan fingerprint density at radius 2 is 2.13 bits per heavy atom. The SMILES string of the molecule is CN=C(NCc1ccc(N2CCC(C)CC2)nc1)N(C)Cc1csc(C(C)OC)n1.I. The second kappa shape index (κ2) is 12.5. The second-order valence-corrected chi connectivity index (χ2v) is 8.90. The van der Waals surface area contributed by atoms with Gasteiger partial charge in [-0.25, -0.2) is 9.97 Å². The second-order valence-electron chi connectivity index (χ2n) is 8.01.